The zero-order valence-electron chi connectivity index (χ0n) is 10.1. The number of fused-ring (bicyclic) bond motifs is 1. The highest BCUT2D eigenvalue weighted by Crippen LogP contribution is 2.38. The highest BCUT2D eigenvalue weighted by atomic mass is 16.8. The SMILES string of the molecule is C=C[C@]1(C)O[C@@H]2COC(=O)O[C@@]2(C)CC[C@H]1O. The number of rotatable bonds is 1. The summed E-state index contributed by atoms with van der Waals surface area (Å²) >= 11 is 0. The van der Waals surface area contributed by atoms with Crippen LogP contribution in [-0.4, -0.2) is 41.3 Å². The van der Waals surface area contributed by atoms with Gasteiger partial charge >= 0.3 is 6.16 Å². The minimum atomic E-state index is -0.838. The molecule has 0 spiro atoms. The molecule has 2 heterocycles. The van der Waals surface area contributed by atoms with E-state index in [-0.39, 0.29) is 12.7 Å². The van der Waals surface area contributed by atoms with Crippen molar-refractivity contribution in [3.8, 4) is 0 Å². The summed E-state index contributed by atoms with van der Waals surface area (Å²) in [6.07, 6.45) is 0.880. The van der Waals surface area contributed by atoms with Crippen molar-refractivity contribution in [1.29, 1.82) is 0 Å². The zero-order valence-corrected chi connectivity index (χ0v) is 10.1. The Kier molecular flexibility index (Phi) is 2.91. The molecular weight excluding hydrogens is 224 g/mol. The van der Waals surface area contributed by atoms with E-state index in [0.29, 0.717) is 12.8 Å². The van der Waals surface area contributed by atoms with E-state index in [0.717, 1.165) is 0 Å². The van der Waals surface area contributed by atoms with Crippen LogP contribution in [0.25, 0.3) is 0 Å². The molecule has 0 aromatic carbocycles. The Bertz CT molecular complexity index is 342. The fourth-order valence-corrected chi connectivity index (χ4v) is 2.26. The Hall–Kier alpha value is -1.07. The van der Waals surface area contributed by atoms with Crippen molar-refractivity contribution < 1.29 is 24.1 Å². The smallest absolute Gasteiger partial charge is 0.431 e. The van der Waals surface area contributed by atoms with E-state index in [1.165, 1.54) is 0 Å². The first-order valence-electron chi connectivity index (χ1n) is 5.75. The Balaban J connectivity index is 2.26. The van der Waals surface area contributed by atoms with Crippen LogP contribution in [0.15, 0.2) is 12.7 Å². The predicted molar refractivity (Wildman–Crippen MR) is 59.6 cm³/mol. The van der Waals surface area contributed by atoms with E-state index < -0.39 is 23.5 Å². The predicted octanol–water partition coefficient (Wildman–Crippen LogP) is 1.40. The number of aliphatic hydroxyl groups is 1. The van der Waals surface area contributed by atoms with E-state index in [1.807, 2.05) is 0 Å². The van der Waals surface area contributed by atoms with Gasteiger partial charge in [-0.25, -0.2) is 4.79 Å². The van der Waals surface area contributed by atoms with Gasteiger partial charge in [-0.3, -0.25) is 0 Å². The molecule has 2 rings (SSSR count). The van der Waals surface area contributed by atoms with E-state index in [2.05, 4.69) is 6.58 Å². The van der Waals surface area contributed by atoms with Gasteiger partial charge in [0.1, 0.15) is 23.9 Å². The Morgan fingerprint density at radius 2 is 2.24 bits per heavy atom. The van der Waals surface area contributed by atoms with Crippen LogP contribution in [0, 0.1) is 0 Å². The van der Waals surface area contributed by atoms with Crippen LogP contribution in [0.1, 0.15) is 26.7 Å². The lowest BCUT2D eigenvalue weighted by Gasteiger charge is -2.40. The number of ether oxygens (including phenoxy) is 3. The van der Waals surface area contributed by atoms with Gasteiger partial charge < -0.3 is 19.3 Å². The average molecular weight is 242 g/mol. The summed E-state index contributed by atoms with van der Waals surface area (Å²) in [6.45, 7) is 7.41. The van der Waals surface area contributed by atoms with Crippen LogP contribution in [0.4, 0.5) is 4.79 Å². The van der Waals surface area contributed by atoms with Crippen LogP contribution < -0.4 is 0 Å². The quantitative estimate of drug-likeness (QED) is 0.556. The maximum absolute atomic E-state index is 11.2. The van der Waals surface area contributed by atoms with Crippen LogP contribution in [-0.2, 0) is 14.2 Å². The molecule has 2 saturated heterocycles. The van der Waals surface area contributed by atoms with Gasteiger partial charge in [-0.15, -0.1) is 6.58 Å². The fourth-order valence-electron chi connectivity index (χ4n) is 2.26. The van der Waals surface area contributed by atoms with Crippen LogP contribution in [0.5, 0.6) is 0 Å². The summed E-state index contributed by atoms with van der Waals surface area (Å²) in [6, 6.07) is 0. The van der Waals surface area contributed by atoms with Gasteiger partial charge in [0, 0.05) is 0 Å². The highest BCUT2D eigenvalue weighted by Gasteiger charge is 2.51. The summed E-state index contributed by atoms with van der Waals surface area (Å²) in [7, 11) is 0. The second kappa shape index (κ2) is 3.99. The number of carbonyl (C=O) groups excluding carboxylic acids is 1. The standard InChI is InChI=1S/C12H18O5/c1-4-11(2)8(13)5-6-12(3)9(16-11)7-15-10(14)17-12/h4,8-9,13H,1,5-7H2,2-3H3/t8-,9-,11+,12+/m1/s1. The van der Waals surface area contributed by atoms with Gasteiger partial charge in [-0.05, 0) is 26.7 Å². The van der Waals surface area contributed by atoms with Crippen molar-refractivity contribution in [2.75, 3.05) is 6.61 Å². The van der Waals surface area contributed by atoms with Crippen molar-refractivity contribution >= 4 is 6.16 Å². The third kappa shape index (κ3) is 2.05. The molecule has 0 radical (unpaired) electrons. The monoisotopic (exact) mass is 242 g/mol. The van der Waals surface area contributed by atoms with Crippen molar-refractivity contribution in [2.45, 2.75) is 50.1 Å². The van der Waals surface area contributed by atoms with Gasteiger partial charge in [-0.2, -0.15) is 0 Å². The maximum Gasteiger partial charge on any atom is 0.509 e. The second-order valence-electron chi connectivity index (χ2n) is 5.02. The number of hydrogen-bond donors (Lipinski definition) is 1. The molecule has 17 heavy (non-hydrogen) atoms. The third-order valence-corrected chi connectivity index (χ3v) is 3.73. The number of hydrogen-bond acceptors (Lipinski definition) is 5. The van der Waals surface area contributed by atoms with Crippen LogP contribution in [0.2, 0.25) is 0 Å². The minimum absolute atomic E-state index is 0.144. The lowest BCUT2D eigenvalue weighted by atomic mass is 9.90. The highest BCUT2D eigenvalue weighted by molar-refractivity contribution is 5.61. The molecule has 5 heteroatoms. The number of aliphatic hydroxyl groups excluding tert-OH is 1. The molecule has 2 aliphatic rings. The molecule has 0 aliphatic carbocycles. The van der Waals surface area contributed by atoms with E-state index in [4.69, 9.17) is 14.2 Å². The fraction of sp³-hybridized carbons (Fsp3) is 0.750. The molecule has 4 atom stereocenters. The van der Waals surface area contributed by atoms with Crippen molar-refractivity contribution in [3.63, 3.8) is 0 Å². The Morgan fingerprint density at radius 1 is 1.53 bits per heavy atom. The molecule has 2 fully saturated rings. The molecule has 96 valence electrons. The van der Waals surface area contributed by atoms with Crippen molar-refractivity contribution in [3.05, 3.63) is 12.7 Å². The maximum atomic E-state index is 11.2. The van der Waals surface area contributed by atoms with Crippen LogP contribution in [0.3, 0.4) is 0 Å². The Labute approximate surface area is 100 Å². The first kappa shape index (κ1) is 12.4. The first-order chi connectivity index (χ1) is 7.89. The van der Waals surface area contributed by atoms with Gasteiger partial charge in [0.15, 0.2) is 0 Å². The van der Waals surface area contributed by atoms with Crippen molar-refractivity contribution in [1.82, 2.24) is 0 Å². The van der Waals surface area contributed by atoms with Gasteiger partial charge in [0.05, 0.1) is 6.10 Å². The lowest BCUT2D eigenvalue weighted by Crippen LogP contribution is -2.53. The molecule has 0 saturated carbocycles. The molecule has 5 nitrogen and oxygen atoms in total. The molecule has 0 unspecified atom stereocenters. The first-order valence-corrected chi connectivity index (χ1v) is 5.75. The average Bonchev–Trinajstić information content (AvgIpc) is 2.38. The summed E-state index contributed by atoms with van der Waals surface area (Å²) in [5.74, 6) is 0. The molecule has 0 amide bonds. The largest absolute Gasteiger partial charge is 0.509 e. The normalized spacial score (nSPS) is 46.2. The summed E-state index contributed by atoms with van der Waals surface area (Å²) in [5.41, 5.74) is -1.58. The number of cyclic esters (lactones) is 1. The van der Waals surface area contributed by atoms with Crippen LogP contribution >= 0.6 is 0 Å². The van der Waals surface area contributed by atoms with E-state index in [1.54, 1.807) is 19.9 Å². The van der Waals surface area contributed by atoms with E-state index in [9.17, 15) is 9.90 Å². The van der Waals surface area contributed by atoms with E-state index >= 15 is 0 Å². The zero-order chi connectivity index (χ0) is 12.7. The molecule has 0 bridgehead atoms. The molecule has 2 aliphatic heterocycles. The minimum Gasteiger partial charge on any atom is -0.431 e. The third-order valence-electron chi connectivity index (χ3n) is 3.73. The number of carbonyl (C=O) groups is 1. The topological polar surface area (TPSA) is 65.0 Å². The molecular formula is C12H18O5. The molecule has 0 aromatic rings. The lowest BCUT2D eigenvalue weighted by molar-refractivity contribution is -0.202. The molecule has 1 N–H and O–H groups in total. The summed E-state index contributed by atoms with van der Waals surface area (Å²) in [5, 5.41) is 10.1. The van der Waals surface area contributed by atoms with Gasteiger partial charge in [0.2, 0.25) is 0 Å². The second-order valence-corrected chi connectivity index (χ2v) is 5.02. The summed E-state index contributed by atoms with van der Waals surface area (Å²) < 4.78 is 15.9. The summed E-state index contributed by atoms with van der Waals surface area (Å²) in [4.78, 5) is 11.2. The molecule has 0 aromatic heterocycles. The van der Waals surface area contributed by atoms with Gasteiger partial charge in [0.25, 0.3) is 0 Å². The Morgan fingerprint density at radius 3 is 2.88 bits per heavy atom. The van der Waals surface area contributed by atoms with Crippen molar-refractivity contribution in [2.24, 2.45) is 0 Å². The van der Waals surface area contributed by atoms with Gasteiger partial charge in [-0.1, -0.05) is 6.08 Å².